The van der Waals surface area contributed by atoms with Crippen LogP contribution in [-0.2, 0) is 16.6 Å². The molecular weight excluding hydrogens is 436 g/mol. The van der Waals surface area contributed by atoms with Crippen molar-refractivity contribution in [2.45, 2.75) is 38.1 Å². The van der Waals surface area contributed by atoms with Crippen molar-refractivity contribution in [2.75, 3.05) is 19.6 Å². The minimum absolute atomic E-state index is 0.107. The molecule has 1 aliphatic rings. The molecule has 0 bridgehead atoms. The van der Waals surface area contributed by atoms with Crippen LogP contribution in [-0.4, -0.2) is 48.0 Å². The third kappa shape index (κ3) is 5.51. The predicted octanol–water partition coefficient (Wildman–Crippen LogP) is 3.38. The van der Waals surface area contributed by atoms with Gasteiger partial charge in [0.25, 0.3) is 5.91 Å². The van der Waals surface area contributed by atoms with Crippen molar-refractivity contribution < 1.29 is 13.2 Å². The highest BCUT2D eigenvalue weighted by Crippen LogP contribution is 2.23. The number of rotatable bonds is 7. The smallest absolute Gasteiger partial charge is 0.251 e. The van der Waals surface area contributed by atoms with Gasteiger partial charge in [0.15, 0.2) is 0 Å². The SMILES string of the molecule is Cc1cc(C)n(Cc2cccc(C(=O)NCC3CCN(S(=O)(=O)c4ccccc4)CC3)c2)n1. The topological polar surface area (TPSA) is 84.3 Å². The van der Waals surface area contributed by atoms with Crippen LogP contribution in [0, 0.1) is 19.8 Å². The third-order valence-corrected chi connectivity index (χ3v) is 8.04. The Bertz CT molecular complexity index is 1210. The van der Waals surface area contributed by atoms with Gasteiger partial charge in [-0.05, 0) is 68.5 Å². The first-order valence-electron chi connectivity index (χ1n) is 11.3. The number of aryl methyl sites for hydroxylation is 2. The van der Waals surface area contributed by atoms with Crippen molar-refractivity contribution in [3.05, 3.63) is 83.2 Å². The van der Waals surface area contributed by atoms with E-state index in [4.69, 9.17) is 0 Å². The molecule has 33 heavy (non-hydrogen) atoms. The molecule has 2 aromatic carbocycles. The van der Waals surface area contributed by atoms with Crippen LogP contribution in [0.4, 0.5) is 0 Å². The molecule has 174 valence electrons. The summed E-state index contributed by atoms with van der Waals surface area (Å²) in [6.07, 6.45) is 1.45. The van der Waals surface area contributed by atoms with Gasteiger partial charge < -0.3 is 5.32 Å². The number of piperidine rings is 1. The molecule has 0 atom stereocenters. The maximum absolute atomic E-state index is 12.8. The standard InChI is InChI=1S/C25H30N4O3S/c1-19-15-20(2)29(27-19)18-22-7-6-8-23(16-22)25(30)26-17-21-11-13-28(14-12-21)33(31,32)24-9-4-3-5-10-24/h3-10,15-16,21H,11-14,17-18H2,1-2H3,(H,26,30). The van der Waals surface area contributed by atoms with Gasteiger partial charge in [0, 0.05) is 30.9 Å². The van der Waals surface area contributed by atoms with Crippen LogP contribution in [0.25, 0.3) is 0 Å². The van der Waals surface area contributed by atoms with E-state index < -0.39 is 10.0 Å². The minimum atomic E-state index is -3.45. The lowest BCUT2D eigenvalue weighted by Crippen LogP contribution is -2.41. The lowest BCUT2D eigenvalue weighted by Gasteiger charge is -2.31. The molecule has 0 saturated carbocycles. The zero-order chi connectivity index (χ0) is 23.4. The summed E-state index contributed by atoms with van der Waals surface area (Å²) >= 11 is 0. The fourth-order valence-electron chi connectivity index (χ4n) is 4.25. The fraction of sp³-hybridized carbons (Fsp3) is 0.360. The number of hydrogen-bond acceptors (Lipinski definition) is 4. The van der Waals surface area contributed by atoms with Gasteiger partial charge in [-0.15, -0.1) is 0 Å². The molecule has 3 aromatic rings. The molecule has 0 radical (unpaired) electrons. The van der Waals surface area contributed by atoms with Gasteiger partial charge in [-0.25, -0.2) is 8.42 Å². The summed E-state index contributed by atoms with van der Waals surface area (Å²) in [7, 11) is -3.45. The largest absolute Gasteiger partial charge is 0.352 e. The molecule has 1 saturated heterocycles. The molecule has 1 N–H and O–H groups in total. The number of nitrogens with zero attached hydrogens (tertiary/aromatic N) is 3. The molecule has 1 fully saturated rings. The summed E-state index contributed by atoms with van der Waals surface area (Å²) < 4.78 is 29.0. The number of benzene rings is 2. The molecule has 0 spiro atoms. The first-order valence-corrected chi connectivity index (χ1v) is 12.7. The van der Waals surface area contributed by atoms with E-state index in [-0.39, 0.29) is 11.8 Å². The summed E-state index contributed by atoms with van der Waals surface area (Å²) in [5, 5.41) is 7.52. The summed E-state index contributed by atoms with van der Waals surface area (Å²) in [5.74, 6) is 0.151. The van der Waals surface area contributed by atoms with E-state index in [1.165, 1.54) is 0 Å². The van der Waals surface area contributed by atoms with Gasteiger partial charge in [0.05, 0.1) is 17.1 Å². The van der Waals surface area contributed by atoms with E-state index in [1.807, 2.05) is 54.9 Å². The number of nitrogens with one attached hydrogen (secondary N) is 1. The summed E-state index contributed by atoms with van der Waals surface area (Å²) in [6.45, 7) is 6.09. The van der Waals surface area contributed by atoms with Crippen molar-refractivity contribution in [1.82, 2.24) is 19.4 Å². The molecule has 2 heterocycles. The van der Waals surface area contributed by atoms with Gasteiger partial charge in [0.1, 0.15) is 0 Å². The highest BCUT2D eigenvalue weighted by atomic mass is 32.2. The maximum atomic E-state index is 12.8. The van der Waals surface area contributed by atoms with Crippen LogP contribution in [0.5, 0.6) is 0 Å². The first-order chi connectivity index (χ1) is 15.8. The van der Waals surface area contributed by atoms with Crippen LogP contribution in [0.2, 0.25) is 0 Å². The molecule has 1 amide bonds. The zero-order valence-corrected chi connectivity index (χ0v) is 19.9. The number of carbonyl (C=O) groups excluding carboxylic acids is 1. The average Bonchev–Trinajstić information content (AvgIpc) is 3.14. The Labute approximate surface area is 195 Å². The second-order valence-electron chi connectivity index (χ2n) is 8.66. The van der Waals surface area contributed by atoms with E-state index in [0.717, 1.165) is 29.8 Å². The van der Waals surface area contributed by atoms with Crippen LogP contribution < -0.4 is 5.32 Å². The molecule has 0 aliphatic carbocycles. The van der Waals surface area contributed by atoms with E-state index >= 15 is 0 Å². The van der Waals surface area contributed by atoms with E-state index in [1.54, 1.807) is 28.6 Å². The van der Waals surface area contributed by atoms with Crippen LogP contribution in [0.15, 0.2) is 65.6 Å². The van der Waals surface area contributed by atoms with Crippen molar-refractivity contribution in [3.63, 3.8) is 0 Å². The second-order valence-corrected chi connectivity index (χ2v) is 10.6. The summed E-state index contributed by atoms with van der Waals surface area (Å²) in [4.78, 5) is 13.1. The van der Waals surface area contributed by atoms with Crippen molar-refractivity contribution >= 4 is 15.9 Å². The number of amides is 1. The molecule has 0 unspecified atom stereocenters. The summed E-state index contributed by atoms with van der Waals surface area (Å²) in [5.41, 5.74) is 3.71. The zero-order valence-electron chi connectivity index (χ0n) is 19.1. The quantitative estimate of drug-likeness (QED) is 0.579. The van der Waals surface area contributed by atoms with Crippen molar-refractivity contribution in [1.29, 1.82) is 0 Å². The molecule has 1 aliphatic heterocycles. The van der Waals surface area contributed by atoms with Crippen LogP contribution in [0.1, 0.15) is 40.2 Å². The number of sulfonamides is 1. The number of aromatic nitrogens is 2. The third-order valence-electron chi connectivity index (χ3n) is 6.13. The van der Waals surface area contributed by atoms with E-state index in [0.29, 0.717) is 36.6 Å². The fourth-order valence-corrected chi connectivity index (χ4v) is 5.74. The lowest BCUT2D eigenvalue weighted by molar-refractivity contribution is 0.0941. The molecule has 7 nitrogen and oxygen atoms in total. The average molecular weight is 467 g/mol. The second kappa shape index (κ2) is 9.89. The normalized spacial score (nSPS) is 15.5. The first kappa shape index (κ1) is 23.2. The van der Waals surface area contributed by atoms with Gasteiger partial charge in [-0.2, -0.15) is 9.40 Å². The van der Waals surface area contributed by atoms with Crippen molar-refractivity contribution in [2.24, 2.45) is 5.92 Å². The van der Waals surface area contributed by atoms with Gasteiger partial charge in [-0.1, -0.05) is 30.3 Å². The van der Waals surface area contributed by atoms with Gasteiger partial charge in [0.2, 0.25) is 10.0 Å². The van der Waals surface area contributed by atoms with Crippen LogP contribution in [0.3, 0.4) is 0 Å². The Hall–Kier alpha value is -2.97. The predicted molar refractivity (Wildman–Crippen MR) is 128 cm³/mol. The minimum Gasteiger partial charge on any atom is -0.352 e. The Kier molecular flexibility index (Phi) is 6.95. The summed E-state index contributed by atoms with van der Waals surface area (Å²) in [6, 6.07) is 18.2. The maximum Gasteiger partial charge on any atom is 0.251 e. The Morgan fingerprint density at radius 3 is 2.42 bits per heavy atom. The highest BCUT2D eigenvalue weighted by molar-refractivity contribution is 7.89. The van der Waals surface area contributed by atoms with Crippen molar-refractivity contribution in [3.8, 4) is 0 Å². The van der Waals surface area contributed by atoms with Gasteiger partial charge >= 0.3 is 0 Å². The number of carbonyl (C=O) groups is 1. The van der Waals surface area contributed by atoms with Gasteiger partial charge in [-0.3, -0.25) is 9.48 Å². The van der Waals surface area contributed by atoms with Crippen LogP contribution >= 0.6 is 0 Å². The monoisotopic (exact) mass is 466 g/mol. The highest BCUT2D eigenvalue weighted by Gasteiger charge is 2.29. The molecule has 1 aromatic heterocycles. The molecule has 4 rings (SSSR count). The van der Waals surface area contributed by atoms with E-state index in [9.17, 15) is 13.2 Å². The lowest BCUT2D eigenvalue weighted by atomic mass is 9.98. The molecule has 8 heteroatoms. The molecular formula is C25H30N4O3S. The van der Waals surface area contributed by atoms with E-state index in [2.05, 4.69) is 10.4 Å². The Balaban J connectivity index is 1.30. The number of hydrogen-bond donors (Lipinski definition) is 1. The Morgan fingerprint density at radius 2 is 1.76 bits per heavy atom. The Morgan fingerprint density at radius 1 is 1.03 bits per heavy atom.